The van der Waals surface area contributed by atoms with Gasteiger partial charge in [-0.05, 0) is 61.1 Å². The molecule has 2 aromatic heterocycles. The number of allylic oxidation sites excluding steroid dienone is 6. The molecule has 9 heteroatoms. The maximum atomic E-state index is 15.0. The molecule has 3 aromatic rings. The van der Waals surface area contributed by atoms with Crippen molar-refractivity contribution in [3.8, 4) is 17.1 Å². The first-order valence-corrected chi connectivity index (χ1v) is 12.1. The predicted molar refractivity (Wildman–Crippen MR) is 132 cm³/mol. The van der Waals surface area contributed by atoms with Crippen LogP contribution in [0.3, 0.4) is 0 Å². The molecule has 7 nitrogen and oxygen atoms in total. The summed E-state index contributed by atoms with van der Waals surface area (Å²) in [6, 6.07) is 7.03. The van der Waals surface area contributed by atoms with Gasteiger partial charge < -0.3 is 4.52 Å². The SMILES string of the molecule is CC1C=CC(c2noc(-c3ccc(-n4nc(C5C(Cl)=CC=CC5(C)F)[nH]c4=O)cc3)n2)C(C)C1C. The van der Waals surface area contributed by atoms with Crippen LogP contribution in [-0.2, 0) is 0 Å². The van der Waals surface area contributed by atoms with Crippen LogP contribution in [-0.4, -0.2) is 30.6 Å². The first-order valence-electron chi connectivity index (χ1n) is 11.7. The average Bonchev–Trinajstić information content (AvgIpc) is 3.44. The van der Waals surface area contributed by atoms with E-state index in [1.54, 1.807) is 36.4 Å². The van der Waals surface area contributed by atoms with Gasteiger partial charge in [0.25, 0.3) is 5.89 Å². The number of alkyl halides is 1. The molecule has 6 unspecified atom stereocenters. The van der Waals surface area contributed by atoms with E-state index in [9.17, 15) is 4.79 Å². The van der Waals surface area contributed by atoms with Crippen LogP contribution in [0, 0.1) is 17.8 Å². The van der Waals surface area contributed by atoms with Crippen LogP contribution in [0.4, 0.5) is 4.39 Å². The summed E-state index contributed by atoms with van der Waals surface area (Å²) in [6.07, 6.45) is 8.94. The number of aromatic nitrogens is 5. The molecule has 182 valence electrons. The zero-order valence-electron chi connectivity index (χ0n) is 19.9. The van der Waals surface area contributed by atoms with Gasteiger partial charge in [0, 0.05) is 16.5 Å². The molecule has 0 aliphatic heterocycles. The monoisotopic (exact) mass is 495 g/mol. The minimum absolute atomic E-state index is 0.107. The topological polar surface area (TPSA) is 89.6 Å². The van der Waals surface area contributed by atoms with Gasteiger partial charge in [0.1, 0.15) is 11.5 Å². The van der Waals surface area contributed by atoms with Gasteiger partial charge in [0.15, 0.2) is 5.82 Å². The second kappa shape index (κ2) is 8.75. The van der Waals surface area contributed by atoms with E-state index in [1.165, 1.54) is 17.7 Å². The molecule has 6 atom stereocenters. The molecule has 1 N–H and O–H groups in total. The lowest BCUT2D eigenvalue weighted by atomic mass is 9.73. The minimum atomic E-state index is -1.77. The van der Waals surface area contributed by atoms with Crippen molar-refractivity contribution < 1.29 is 8.91 Å². The van der Waals surface area contributed by atoms with Crippen LogP contribution in [0.1, 0.15) is 51.2 Å². The molecule has 0 fully saturated rings. The standard InChI is InChI=1S/C26H27ClFN5O2/c1-14-7-12-19(16(3)15(14)2)22-29-24(35-32-22)17-8-10-18(11-9-17)33-25(34)30-23(31-33)21-20(27)6-5-13-26(21,4)28/h5-16,19,21H,1-4H3,(H,30,31,34). The van der Waals surface area contributed by atoms with E-state index >= 15 is 4.39 Å². The lowest BCUT2D eigenvalue weighted by Crippen LogP contribution is -2.28. The van der Waals surface area contributed by atoms with E-state index in [2.05, 4.69) is 53.1 Å². The van der Waals surface area contributed by atoms with Gasteiger partial charge in [-0.1, -0.05) is 55.8 Å². The Labute approximate surface area is 207 Å². The van der Waals surface area contributed by atoms with Crippen molar-refractivity contribution in [1.82, 2.24) is 24.9 Å². The smallest absolute Gasteiger partial charge is 0.334 e. The zero-order chi connectivity index (χ0) is 24.9. The summed E-state index contributed by atoms with van der Waals surface area (Å²) in [5.74, 6) is 1.90. The Bertz CT molecular complexity index is 1380. The number of aromatic amines is 1. The first-order chi connectivity index (χ1) is 16.7. The predicted octanol–water partition coefficient (Wildman–Crippen LogP) is 5.68. The third-order valence-corrected chi connectivity index (χ3v) is 7.72. The highest BCUT2D eigenvalue weighted by molar-refractivity contribution is 6.30. The molecule has 2 aliphatic carbocycles. The summed E-state index contributed by atoms with van der Waals surface area (Å²) >= 11 is 6.25. The Kier molecular flexibility index (Phi) is 5.87. The van der Waals surface area contributed by atoms with Crippen molar-refractivity contribution >= 4 is 11.6 Å². The van der Waals surface area contributed by atoms with Crippen LogP contribution in [0.5, 0.6) is 0 Å². The van der Waals surface area contributed by atoms with E-state index in [1.807, 2.05) is 0 Å². The number of rotatable bonds is 4. The first kappa shape index (κ1) is 23.5. The van der Waals surface area contributed by atoms with Crippen LogP contribution in [0.25, 0.3) is 17.1 Å². The summed E-state index contributed by atoms with van der Waals surface area (Å²) in [4.78, 5) is 19.9. The van der Waals surface area contributed by atoms with Crippen molar-refractivity contribution in [2.75, 3.05) is 0 Å². The quantitative estimate of drug-likeness (QED) is 0.470. The zero-order valence-corrected chi connectivity index (χ0v) is 20.7. The lowest BCUT2D eigenvalue weighted by Gasteiger charge is -2.32. The molecule has 1 aromatic carbocycles. The van der Waals surface area contributed by atoms with Gasteiger partial charge in [-0.2, -0.15) is 9.67 Å². The maximum absolute atomic E-state index is 15.0. The van der Waals surface area contributed by atoms with Crippen LogP contribution >= 0.6 is 11.6 Å². The molecular weight excluding hydrogens is 469 g/mol. The van der Waals surface area contributed by atoms with E-state index < -0.39 is 17.3 Å². The second-order valence-electron chi connectivity index (χ2n) is 9.71. The van der Waals surface area contributed by atoms with Gasteiger partial charge in [-0.3, -0.25) is 4.98 Å². The van der Waals surface area contributed by atoms with Crippen molar-refractivity contribution in [2.45, 2.75) is 45.2 Å². The molecule has 0 bridgehead atoms. The molecule has 0 amide bonds. The molecule has 0 spiro atoms. The highest BCUT2D eigenvalue weighted by Crippen LogP contribution is 2.41. The molecule has 2 aliphatic rings. The Balaban J connectivity index is 1.39. The van der Waals surface area contributed by atoms with Gasteiger partial charge in [0.05, 0.1) is 11.6 Å². The highest BCUT2D eigenvalue weighted by atomic mass is 35.5. The van der Waals surface area contributed by atoms with Crippen molar-refractivity contribution in [3.05, 3.63) is 81.8 Å². The van der Waals surface area contributed by atoms with E-state index in [0.717, 1.165) is 5.56 Å². The fraction of sp³-hybridized carbons (Fsp3) is 0.385. The van der Waals surface area contributed by atoms with Crippen LogP contribution in [0.15, 0.2) is 69.0 Å². The Morgan fingerprint density at radius 3 is 2.60 bits per heavy atom. The van der Waals surface area contributed by atoms with E-state index in [4.69, 9.17) is 16.1 Å². The lowest BCUT2D eigenvalue weighted by molar-refractivity contribution is 0.223. The molecule has 5 rings (SSSR count). The summed E-state index contributed by atoms with van der Waals surface area (Å²) in [7, 11) is 0. The number of halogens is 2. The minimum Gasteiger partial charge on any atom is -0.334 e. The number of hydrogen-bond acceptors (Lipinski definition) is 5. The molecule has 35 heavy (non-hydrogen) atoms. The fourth-order valence-corrected chi connectivity index (χ4v) is 5.23. The number of nitrogens with zero attached hydrogens (tertiary/aromatic N) is 4. The number of benzene rings is 1. The normalized spacial score (nSPS) is 30.5. The van der Waals surface area contributed by atoms with Crippen molar-refractivity contribution in [2.24, 2.45) is 17.8 Å². The third-order valence-electron chi connectivity index (χ3n) is 7.37. The van der Waals surface area contributed by atoms with Crippen molar-refractivity contribution in [1.29, 1.82) is 0 Å². The highest BCUT2D eigenvalue weighted by Gasteiger charge is 2.40. The molecule has 0 saturated heterocycles. The van der Waals surface area contributed by atoms with Crippen LogP contribution < -0.4 is 5.69 Å². The van der Waals surface area contributed by atoms with Crippen LogP contribution in [0.2, 0.25) is 0 Å². The number of H-pyrrole nitrogens is 1. The third kappa shape index (κ3) is 4.20. The summed E-state index contributed by atoms with van der Waals surface area (Å²) < 4.78 is 21.8. The summed E-state index contributed by atoms with van der Waals surface area (Å²) in [6.45, 7) is 8.09. The number of hydrogen-bond donors (Lipinski definition) is 1. The van der Waals surface area contributed by atoms with Gasteiger partial charge in [-0.15, -0.1) is 5.10 Å². The van der Waals surface area contributed by atoms with E-state index in [0.29, 0.717) is 35.2 Å². The average molecular weight is 496 g/mol. The second-order valence-corrected chi connectivity index (χ2v) is 10.2. The number of nitrogens with one attached hydrogen (secondary N) is 1. The molecular formula is C26H27ClFN5O2. The van der Waals surface area contributed by atoms with Gasteiger partial charge in [0.2, 0.25) is 0 Å². The van der Waals surface area contributed by atoms with Gasteiger partial charge in [-0.25, -0.2) is 9.18 Å². The Hall–Kier alpha value is -3.26. The van der Waals surface area contributed by atoms with Crippen molar-refractivity contribution in [3.63, 3.8) is 0 Å². The fourth-order valence-electron chi connectivity index (χ4n) is 4.84. The Morgan fingerprint density at radius 1 is 1.14 bits per heavy atom. The maximum Gasteiger partial charge on any atom is 0.348 e. The molecule has 0 radical (unpaired) electrons. The molecule has 0 saturated carbocycles. The largest absolute Gasteiger partial charge is 0.348 e. The Morgan fingerprint density at radius 2 is 1.89 bits per heavy atom. The summed E-state index contributed by atoms with van der Waals surface area (Å²) in [5, 5.41) is 8.83. The van der Waals surface area contributed by atoms with Gasteiger partial charge >= 0.3 is 5.69 Å². The summed E-state index contributed by atoms with van der Waals surface area (Å²) in [5.41, 5.74) is -1.01. The molecule has 2 heterocycles. The van der Waals surface area contributed by atoms with E-state index in [-0.39, 0.29) is 16.8 Å².